The van der Waals surface area contributed by atoms with E-state index in [1.54, 1.807) is 6.92 Å². The first-order chi connectivity index (χ1) is 6.85. The molecule has 0 heterocycles. The molecule has 2 heteroatoms. The summed E-state index contributed by atoms with van der Waals surface area (Å²) in [6.07, 6.45) is 6.57. The first-order valence-electron chi connectivity index (χ1n) is 5.37. The molecule has 0 aromatic rings. The Kier molecular flexibility index (Phi) is 5.99. The second-order valence-electron chi connectivity index (χ2n) is 4.81. The molecule has 0 saturated heterocycles. The average Bonchev–Trinajstić information content (AvgIpc) is 2.01. The fraction of sp³-hybridized carbons (Fsp3) is 0.615. The molecule has 0 aliphatic carbocycles. The maximum atomic E-state index is 11.1. The number of hydrogen-bond acceptors (Lipinski definition) is 2. The van der Waals surface area contributed by atoms with Crippen molar-refractivity contribution in [2.24, 2.45) is 5.41 Å². The van der Waals surface area contributed by atoms with E-state index in [9.17, 15) is 4.79 Å². The van der Waals surface area contributed by atoms with Crippen LogP contribution in [-0.2, 0) is 9.53 Å². The van der Waals surface area contributed by atoms with Crippen LogP contribution in [0.4, 0.5) is 0 Å². The van der Waals surface area contributed by atoms with Crippen molar-refractivity contribution in [1.82, 2.24) is 0 Å². The number of rotatable bonds is 4. The van der Waals surface area contributed by atoms with Gasteiger partial charge in [0, 0.05) is 6.08 Å². The molecule has 0 aromatic carbocycles. The maximum Gasteiger partial charge on any atom is 0.330 e. The van der Waals surface area contributed by atoms with Crippen LogP contribution in [0.25, 0.3) is 0 Å². The van der Waals surface area contributed by atoms with Gasteiger partial charge < -0.3 is 4.74 Å². The van der Waals surface area contributed by atoms with Crippen molar-refractivity contribution in [2.45, 2.75) is 41.0 Å². The predicted molar refractivity (Wildman–Crippen MR) is 63.6 cm³/mol. The molecule has 0 N–H and O–H groups in total. The number of hydrogen-bond donors (Lipinski definition) is 0. The summed E-state index contributed by atoms with van der Waals surface area (Å²) < 4.78 is 4.81. The van der Waals surface area contributed by atoms with Crippen molar-refractivity contribution >= 4 is 5.97 Å². The molecule has 0 atom stereocenters. The average molecular weight is 210 g/mol. The zero-order chi connectivity index (χ0) is 11.9. The van der Waals surface area contributed by atoms with Gasteiger partial charge in [-0.25, -0.2) is 4.79 Å². The monoisotopic (exact) mass is 210 g/mol. The fourth-order valence-corrected chi connectivity index (χ4v) is 1.02. The minimum Gasteiger partial charge on any atom is -0.463 e. The maximum absolute atomic E-state index is 11.1. The summed E-state index contributed by atoms with van der Waals surface area (Å²) in [6.45, 7) is 10.7. The third-order valence-corrected chi connectivity index (χ3v) is 1.74. The molecule has 86 valence electrons. The molecule has 0 unspecified atom stereocenters. The van der Waals surface area contributed by atoms with Crippen LogP contribution in [0.2, 0.25) is 0 Å². The molecule has 2 nitrogen and oxygen atoms in total. The number of esters is 1. The highest BCUT2D eigenvalue weighted by Crippen LogP contribution is 2.19. The SMILES string of the molecule is CCOC(=O)/C=C(C)/C=C/CC(C)(C)C. The summed E-state index contributed by atoms with van der Waals surface area (Å²) in [6, 6.07) is 0. The second-order valence-corrected chi connectivity index (χ2v) is 4.81. The molecule has 0 spiro atoms. The van der Waals surface area contributed by atoms with E-state index in [0.29, 0.717) is 12.0 Å². The van der Waals surface area contributed by atoms with Gasteiger partial charge in [-0.2, -0.15) is 0 Å². The van der Waals surface area contributed by atoms with Gasteiger partial charge in [-0.05, 0) is 31.3 Å². The summed E-state index contributed by atoms with van der Waals surface area (Å²) in [5, 5.41) is 0. The molecule has 15 heavy (non-hydrogen) atoms. The van der Waals surface area contributed by atoms with Crippen molar-refractivity contribution in [2.75, 3.05) is 6.61 Å². The first-order valence-corrected chi connectivity index (χ1v) is 5.37. The summed E-state index contributed by atoms with van der Waals surface area (Å²) >= 11 is 0. The quantitative estimate of drug-likeness (QED) is 0.403. The van der Waals surface area contributed by atoms with Crippen LogP contribution >= 0.6 is 0 Å². The van der Waals surface area contributed by atoms with Crippen LogP contribution in [0.3, 0.4) is 0 Å². The number of carbonyl (C=O) groups excluding carboxylic acids is 1. The van der Waals surface area contributed by atoms with Gasteiger partial charge in [0.25, 0.3) is 0 Å². The Labute approximate surface area is 93.0 Å². The van der Waals surface area contributed by atoms with Crippen molar-refractivity contribution in [3.05, 3.63) is 23.8 Å². The lowest BCUT2D eigenvalue weighted by Gasteiger charge is -2.14. The van der Waals surface area contributed by atoms with Crippen molar-refractivity contribution in [1.29, 1.82) is 0 Å². The van der Waals surface area contributed by atoms with E-state index in [1.165, 1.54) is 6.08 Å². The van der Waals surface area contributed by atoms with Gasteiger partial charge in [0.05, 0.1) is 6.61 Å². The Bertz CT molecular complexity index is 254. The molecule has 0 aliphatic rings. The highest BCUT2D eigenvalue weighted by Gasteiger charge is 2.06. The number of carbonyl (C=O) groups is 1. The van der Waals surface area contributed by atoms with Crippen LogP contribution in [-0.4, -0.2) is 12.6 Å². The fourth-order valence-electron chi connectivity index (χ4n) is 1.02. The van der Waals surface area contributed by atoms with Gasteiger partial charge in [-0.15, -0.1) is 0 Å². The first kappa shape index (κ1) is 13.9. The third-order valence-electron chi connectivity index (χ3n) is 1.74. The number of ether oxygens (including phenoxy) is 1. The van der Waals surface area contributed by atoms with E-state index in [4.69, 9.17) is 4.74 Å². The van der Waals surface area contributed by atoms with Crippen LogP contribution < -0.4 is 0 Å². The zero-order valence-corrected chi connectivity index (χ0v) is 10.5. The highest BCUT2D eigenvalue weighted by atomic mass is 16.5. The molecular formula is C13H22O2. The van der Waals surface area contributed by atoms with Crippen LogP contribution in [0.5, 0.6) is 0 Å². The van der Waals surface area contributed by atoms with Gasteiger partial charge in [0.15, 0.2) is 0 Å². The standard InChI is InChI=1S/C13H22O2/c1-6-15-12(14)10-11(2)8-7-9-13(3,4)5/h7-8,10H,6,9H2,1-5H3/b8-7+,11-10+. The van der Waals surface area contributed by atoms with Crippen LogP contribution in [0.15, 0.2) is 23.8 Å². The summed E-state index contributed by atoms with van der Waals surface area (Å²) in [5.41, 5.74) is 1.22. The van der Waals surface area contributed by atoms with Crippen LogP contribution in [0.1, 0.15) is 41.0 Å². The summed E-state index contributed by atoms with van der Waals surface area (Å²) in [5.74, 6) is -0.268. The van der Waals surface area contributed by atoms with Crippen molar-refractivity contribution in [3.8, 4) is 0 Å². The Hall–Kier alpha value is -1.05. The molecule has 0 aliphatic heterocycles. The third kappa shape index (κ3) is 9.26. The number of allylic oxidation sites excluding steroid dienone is 3. The van der Waals surface area contributed by atoms with Gasteiger partial charge in [0.1, 0.15) is 0 Å². The Morgan fingerprint density at radius 2 is 1.93 bits per heavy atom. The molecule has 0 saturated carbocycles. The second kappa shape index (κ2) is 6.44. The van der Waals surface area contributed by atoms with Crippen LogP contribution in [0, 0.1) is 5.41 Å². The van der Waals surface area contributed by atoms with Gasteiger partial charge in [0.2, 0.25) is 0 Å². The van der Waals surface area contributed by atoms with Crippen molar-refractivity contribution in [3.63, 3.8) is 0 Å². The molecule has 0 aromatic heterocycles. The molecule has 0 fully saturated rings. The smallest absolute Gasteiger partial charge is 0.330 e. The van der Waals surface area contributed by atoms with Gasteiger partial charge in [-0.1, -0.05) is 32.9 Å². The van der Waals surface area contributed by atoms with E-state index < -0.39 is 0 Å². The van der Waals surface area contributed by atoms with Gasteiger partial charge in [-0.3, -0.25) is 0 Å². The summed E-state index contributed by atoms with van der Waals surface area (Å²) in [7, 11) is 0. The highest BCUT2D eigenvalue weighted by molar-refractivity contribution is 5.83. The normalized spacial score (nSPS) is 13.3. The van der Waals surface area contributed by atoms with Gasteiger partial charge >= 0.3 is 5.97 Å². The van der Waals surface area contributed by atoms with E-state index in [0.717, 1.165) is 12.0 Å². The topological polar surface area (TPSA) is 26.3 Å². The minimum absolute atomic E-state index is 0.268. The Morgan fingerprint density at radius 3 is 2.40 bits per heavy atom. The van der Waals surface area contributed by atoms with E-state index in [-0.39, 0.29) is 5.97 Å². The van der Waals surface area contributed by atoms with E-state index >= 15 is 0 Å². The molecule has 0 bridgehead atoms. The lowest BCUT2D eigenvalue weighted by Crippen LogP contribution is -2.02. The Morgan fingerprint density at radius 1 is 1.33 bits per heavy atom. The molecule has 0 radical (unpaired) electrons. The van der Waals surface area contributed by atoms with E-state index in [2.05, 4.69) is 26.8 Å². The lowest BCUT2D eigenvalue weighted by molar-refractivity contribution is -0.137. The predicted octanol–water partition coefficient (Wildman–Crippen LogP) is 3.49. The summed E-state index contributed by atoms with van der Waals surface area (Å²) in [4.78, 5) is 11.1. The van der Waals surface area contributed by atoms with Crippen molar-refractivity contribution < 1.29 is 9.53 Å². The van der Waals surface area contributed by atoms with E-state index in [1.807, 2.05) is 13.0 Å². The minimum atomic E-state index is -0.268. The molecule has 0 amide bonds. The lowest BCUT2D eigenvalue weighted by atomic mass is 9.92. The Balaban J connectivity index is 4.12. The zero-order valence-electron chi connectivity index (χ0n) is 10.5. The largest absolute Gasteiger partial charge is 0.463 e. The molecular weight excluding hydrogens is 188 g/mol. The molecule has 0 rings (SSSR count).